The molecule has 3 aromatic rings. The predicted octanol–water partition coefficient (Wildman–Crippen LogP) is 3.77. The summed E-state index contributed by atoms with van der Waals surface area (Å²) in [5, 5.41) is 0.469. The summed E-state index contributed by atoms with van der Waals surface area (Å²) in [5.41, 5.74) is 1.79. The van der Waals surface area contributed by atoms with Crippen molar-refractivity contribution in [1.29, 1.82) is 0 Å². The van der Waals surface area contributed by atoms with Crippen LogP contribution in [0.1, 0.15) is 15.9 Å². The third-order valence-corrected chi connectivity index (χ3v) is 3.48. The zero-order chi connectivity index (χ0) is 14.3. The van der Waals surface area contributed by atoms with Crippen molar-refractivity contribution in [3.63, 3.8) is 0 Å². The number of carbonyl (C=O) groups excluding carboxylic acids is 1. The van der Waals surface area contributed by atoms with Crippen molar-refractivity contribution < 1.29 is 9.21 Å². The van der Waals surface area contributed by atoms with E-state index in [1.54, 1.807) is 30.3 Å². The van der Waals surface area contributed by atoms with Crippen molar-refractivity contribution in [3.8, 4) is 0 Å². The second-order valence-electron chi connectivity index (χ2n) is 4.21. The summed E-state index contributed by atoms with van der Waals surface area (Å²) in [6.45, 7) is 0. The number of nitrogens with one attached hydrogen (secondary N) is 1. The molecule has 2 aromatic carbocycles. The zero-order valence-corrected chi connectivity index (χ0v) is 12.3. The number of benzene rings is 2. The lowest BCUT2D eigenvalue weighted by Gasteiger charge is -2.03. The summed E-state index contributed by atoms with van der Waals surface area (Å²) >= 11 is 9.23. The van der Waals surface area contributed by atoms with Crippen LogP contribution >= 0.6 is 27.5 Å². The normalized spacial score (nSPS) is 10.9. The van der Waals surface area contributed by atoms with Crippen molar-refractivity contribution in [3.05, 3.63) is 67.6 Å². The lowest BCUT2D eigenvalue weighted by Crippen LogP contribution is -2.01. The first-order chi connectivity index (χ1) is 9.52. The minimum Gasteiger partial charge on any atom is -0.408 e. The molecule has 0 unspecified atom stereocenters. The summed E-state index contributed by atoms with van der Waals surface area (Å²) in [6.07, 6.45) is 0. The van der Waals surface area contributed by atoms with Gasteiger partial charge in [-0.05, 0) is 36.4 Å². The van der Waals surface area contributed by atoms with Crippen LogP contribution in [0.2, 0.25) is 5.02 Å². The Balaban J connectivity index is 2.09. The molecule has 0 saturated heterocycles. The van der Waals surface area contributed by atoms with Crippen LogP contribution in [-0.2, 0) is 0 Å². The average Bonchev–Trinajstić information content (AvgIpc) is 2.75. The van der Waals surface area contributed by atoms with Gasteiger partial charge in [-0.1, -0.05) is 27.5 Å². The van der Waals surface area contributed by atoms with Gasteiger partial charge in [-0.3, -0.25) is 9.78 Å². The topological polar surface area (TPSA) is 63.1 Å². The van der Waals surface area contributed by atoms with Crippen LogP contribution in [0.5, 0.6) is 0 Å². The molecule has 0 bridgehead atoms. The van der Waals surface area contributed by atoms with Gasteiger partial charge in [0.05, 0.1) is 5.52 Å². The van der Waals surface area contributed by atoms with Crippen molar-refractivity contribution in [1.82, 2.24) is 4.98 Å². The number of hydrogen-bond donors (Lipinski definition) is 1. The van der Waals surface area contributed by atoms with Crippen molar-refractivity contribution >= 4 is 44.4 Å². The third kappa shape index (κ3) is 2.42. The molecule has 0 atom stereocenters. The number of rotatable bonds is 2. The second-order valence-corrected chi connectivity index (χ2v) is 5.56. The Kier molecular flexibility index (Phi) is 3.23. The van der Waals surface area contributed by atoms with Gasteiger partial charge in [0.25, 0.3) is 0 Å². The molecule has 4 nitrogen and oxygen atoms in total. The summed E-state index contributed by atoms with van der Waals surface area (Å²) in [6, 6.07) is 9.77. The van der Waals surface area contributed by atoms with Crippen LogP contribution in [0.4, 0.5) is 0 Å². The minimum atomic E-state index is -0.546. The first-order valence-corrected chi connectivity index (χ1v) is 6.84. The number of hydrogen-bond acceptors (Lipinski definition) is 3. The molecule has 0 aliphatic rings. The smallest absolute Gasteiger partial charge is 0.408 e. The van der Waals surface area contributed by atoms with Crippen LogP contribution < -0.4 is 5.76 Å². The fraction of sp³-hybridized carbons (Fsp3) is 0. The maximum absolute atomic E-state index is 12.4. The van der Waals surface area contributed by atoms with Crippen LogP contribution in [-0.4, -0.2) is 10.8 Å². The van der Waals surface area contributed by atoms with Gasteiger partial charge in [-0.15, -0.1) is 0 Å². The zero-order valence-electron chi connectivity index (χ0n) is 9.94. The Morgan fingerprint density at radius 2 is 1.95 bits per heavy atom. The van der Waals surface area contributed by atoms with Crippen molar-refractivity contribution in [2.75, 3.05) is 0 Å². The molecule has 1 heterocycles. The molecule has 6 heteroatoms. The largest absolute Gasteiger partial charge is 0.417 e. The monoisotopic (exact) mass is 351 g/mol. The summed E-state index contributed by atoms with van der Waals surface area (Å²) in [7, 11) is 0. The quantitative estimate of drug-likeness (QED) is 0.714. The average molecular weight is 353 g/mol. The number of aromatic amines is 1. The third-order valence-electron chi connectivity index (χ3n) is 2.81. The van der Waals surface area contributed by atoms with Crippen molar-refractivity contribution in [2.24, 2.45) is 0 Å². The minimum absolute atomic E-state index is 0.195. The molecule has 1 aromatic heterocycles. The number of oxazole rings is 1. The van der Waals surface area contributed by atoms with E-state index >= 15 is 0 Å². The number of halogens is 2. The Hall–Kier alpha value is -1.85. The summed E-state index contributed by atoms with van der Waals surface area (Å²) in [4.78, 5) is 26.0. The SMILES string of the molecule is O=C(c1cc(Cl)cc(Br)c1)c1ccc2[nH]c(=O)oc2c1. The highest BCUT2D eigenvalue weighted by Crippen LogP contribution is 2.22. The van der Waals surface area contributed by atoms with Gasteiger partial charge in [-0.2, -0.15) is 0 Å². The lowest BCUT2D eigenvalue weighted by molar-refractivity contribution is 0.103. The van der Waals surface area contributed by atoms with E-state index in [0.717, 1.165) is 4.47 Å². The molecule has 100 valence electrons. The first-order valence-electron chi connectivity index (χ1n) is 5.66. The van der Waals surface area contributed by atoms with Crippen LogP contribution in [0.15, 0.2) is 50.1 Å². The molecule has 20 heavy (non-hydrogen) atoms. The Bertz CT molecular complexity index is 861. The van der Waals surface area contributed by atoms with E-state index in [4.69, 9.17) is 16.0 Å². The molecule has 3 rings (SSSR count). The van der Waals surface area contributed by atoms with Gasteiger partial charge in [0.2, 0.25) is 0 Å². The molecular weight excluding hydrogens is 346 g/mol. The van der Waals surface area contributed by atoms with Gasteiger partial charge in [0, 0.05) is 20.6 Å². The van der Waals surface area contributed by atoms with Crippen LogP contribution in [0, 0.1) is 0 Å². The van der Waals surface area contributed by atoms with Gasteiger partial charge in [0.1, 0.15) is 0 Å². The van der Waals surface area contributed by atoms with Gasteiger partial charge >= 0.3 is 5.76 Å². The lowest BCUT2D eigenvalue weighted by atomic mass is 10.0. The van der Waals surface area contributed by atoms with E-state index in [-0.39, 0.29) is 5.78 Å². The number of aromatic nitrogens is 1. The van der Waals surface area contributed by atoms with Gasteiger partial charge in [-0.25, -0.2) is 4.79 Å². The highest BCUT2D eigenvalue weighted by Gasteiger charge is 2.12. The Labute approximate surface area is 126 Å². The number of ketones is 1. The highest BCUT2D eigenvalue weighted by atomic mass is 79.9. The molecule has 0 spiro atoms. The molecule has 0 radical (unpaired) electrons. The second kappa shape index (κ2) is 4.92. The van der Waals surface area contributed by atoms with E-state index in [1.807, 2.05) is 0 Å². The summed E-state index contributed by atoms with van der Waals surface area (Å²) < 4.78 is 5.67. The first kappa shape index (κ1) is 13.1. The van der Waals surface area contributed by atoms with Crippen LogP contribution in [0.3, 0.4) is 0 Å². The van der Waals surface area contributed by atoms with Gasteiger partial charge < -0.3 is 4.42 Å². The van der Waals surface area contributed by atoms with E-state index < -0.39 is 5.76 Å². The van der Waals surface area contributed by atoms with E-state index in [2.05, 4.69) is 20.9 Å². The fourth-order valence-electron chi connectivity index (χ4n) is 1.94. The Morgan fingerprint density at radius 3 is 2.70 bits per heavy atom. The summed E-state index contributed by atoms with van der Waals surface area (Å²) in [5.74, 6) is -0.742. The van der Waals surface area contributed by atoms with E-state index in [1.165, 1.54) is 6.07 Å². The fourth-order valence-corrected chi connectivity index (χ4v) is 2.80. The molecule has 0 aliphatic heterocycles. The molecule has 0 aliphatic carbocycles. The van der Waals surface area contributed by atoms with Crippen molar-refractivity contribution in [2.45, 2.75) is 0 Å². The number of carbonyl (C=O) groups is 1. The number of fused-ring (bicyclic) bond motifs is 1. The molecule has 0 amide bonds. The molecule has 1 N–H and O–H groups in total. The maximum atomic E-state index is 12.4. The Morgan fingerprint density at radius 1 is 1.15 bits per heavy atom. The number of H-pyrrole nitrogens is 1. The standard InChI is InChI=1S/C14H7BrClNO3/c15-9-3-8(4-10(16)6-9)13(18)7-1-2-11-12(5-7)20-14(19)17-11/h1-6H,(H,17,19). The van der Waals surface area contributed by atoms with Gasteiger partial charge in [0.15, 0.2) is 11.4 Å². The molecule has 0 saturated carbocycles. The molecular formula is C14H7BrClNO3. The highest BCUT2D eigenvalue weighted by molar-refractivity contribution is 9.10. The maximum Gasteiger partial charge on any atom is 0.417 e. The molecule has 0 fully saturated rings. The van der Waals surface area contributed by atoms with Crippen LogP contribution in [0.25, 0.3) is 11.1 Å². The predicted molar refractivity (Wildman–Crippen MR) is 79.4 cm³/mol. The van der Waals surface area contributed by atoms with E-state index in [0.29, 0.717) is 27.2 Å². The van der Waals surface area contributed by atoms with E-state index in [9.17, 15) is 9.59 Å².